The molecule has 2 heteroatoms. The van der Waals surface area contributed by atoms with Gasteiger partial charge in [0, 0.05) is 4.47 Å². The molecule has 0 aliphatic heterocycles. The maximum Gasteiger partial charge on any atom is 0.0552 e. The van der Waals surface area contributed by atoms with Gasteiger partial charge in [0.15, 0.2) is 0 Å². The smallest absolute Gasteiger partial charge is 0.0552 e. The highest BCUT2D eigenvalue weighted by Crippen LogP contribution is 2.26. The van der Waals surface area contributed by atoms with Crippen LogP contribution in [0.25, 0.3) is 0 Å². The van der Waals surface area contributed by atoms with E-state index in [1.165, 1.54) is 11.1 Å². The van der Waals surface area contributed by atoms with Crippen LogP contribution in [0.3, 0.4) is 0 Å². The Morgan fingerprint density at radius 1 is 1.00 bits per heavy atom. The fourth-order valence-electron chi connectivity index (χ4n) is 2.40. The highest BCUT2D eigenvalue weighted by atomic mass is 79.9. The van der Waals surface area contributed by atoms with Gasteiger partial charge in [0.25, 0.3) is 0 Å². The Morgan fingerprint density at radius 3 is 2.15 bits per heavy atom. The summed E-state index contributed by atoms with van der Waals surface area (Å²) in [5.74, 6) is 0.605. The van der Waals surface area contributed by atoms with Crippen molar-refractivity contribution >= 4 is 15.9 Å². The number of halogens is 1. The molecule has 2 atom stereocenters. The van der Waals surface area contributed by atoms with Crippen LogP contribution in [0, 0.1) is 6.92 Å². The van der Waals surface area contributed by atoms with E-state index < -0.39 is 0 Å². The van der Waals surface area contributed by atoms with Gasteiger partial charge in [-0.1, -0.05) is 60.1 Å². The van der Waals surface area contributed by atoms with Crippen LogP contribution in [0.15, 0.2) is 46.9 Å². The first kappa shape index (κ1) is 15.3. The van der Waals surface area contributed by atoms with Gasteiger partial charge in [-0.15, -0.1) is 0 Å². The van der Waals surface area contributed by atoms with Gasteiger partial charge in [-0.05, 0) is 53.6 Å². The average Bonchev–Trinajstić information content (AvgIpc) is 2.45. The highest BCUT2D eigenvalue weighted by Gasteiger charge is 2.11. The van der Waals surface area contributed by atoms with Crippen molar-refractivity contribution in [2.45, 2.75) is 39.2 Å². The van der Waals surface area contributed by atoms with Crippen LogP contribution in [0.5, 0.6) is 0 Å². The van der Waals surface area contributed by atoms with Gasteiger partial charge in [-0.3, -0.25) is 0 Å². The van der Waals surface area contributed by atoms with Gasteiger partial charge in [0.1, 0.15) is 0 Å². The van der Waals surface area contributed by atoms with Crippen molar-refractivity contribution in [3.63, 3.8) is 0 Å². The second-order valence-corrected chi connectivity index (χ2v) is 6.43. The van der Waals surface area contributed by atoms with Crippen LogP contribution in [0.1, 0.15) is 54.5 Å². The largest absolute Gasteiger partial charge is 0.320 e. The van der Waals surface area contributed by atoms with E-state index in [4.69, 9.17) is 5.73 Å². The van der Waals surface area contributed by atoms with E-state index >= 15 is 0 Å². The monoisotopic (exact) mass is 331 g/mol. The maximum absolute atomic E-state index is 6.39. The van der Waals surface area contributed by atoms with Crippen LogP contribution in [0.4, 0.5) is 0 Å². The molecule has 2 aromatic carbocycles. The molecule has 0 spiro atoms. The molecule has 0 radical (unpaired) electrons. The van der Waals surface area contributed by atoms with Crippen molar-refractivity contribution in [2.24, 2.45) is 5.73 Å². The van der Waals surface area contributed by atoms with Gasteiger partial charge in [0.2, 0.25) is 0 Å². The zero-order valence-electron chi connectivity index (χ0n) is 12.4. The normalized spacial score (nSPS) is 14.1. The summed E-state index contributed by atoms with van der Waals surface area (Å²) < 4.78 is 1.08. The average molecular weight is 332 g/mol. The number of hydrogen-bond donors (Lipinski definition) is 1. The third-order valence-corrected chi connectivity index (χ3v) is 4.36. The van der Waals surface area contributed by atoms with Crippen LogP contribution in [0.2, 0.25) is 0 Å². The van der Waals surface area contributed by atoms with Crippen LogP contribution in [-0.2, 0) is 0 Å². The van der Waals surface area contributed by atoms with Gasteiger partial charge < -0.3 is 5.73 Å². The van der Waals surface area contributed by atoms with Crippen molar-refractivity contribution in [1.82, 2.24) is 0 Å². The van der Waals surface area contributed by atoms with Gasteiger partial charge in [-0.2, -0.15) is 0 Å². The fraction of sp³-hybridized carbons (Fsp3) is 0.333. The van der Waals surface area contributed by atoms with Gasteiger partial charge in [-0.25, -0.2) is 0 Å². The SMILES string of the molecule is CCC(C)c1ccc(C(N)c2cc(C)cc(Br)c2)cc1. The molecule has 0 aromatic heterocycles. The summed E-state index contributed by atoms with van der Waals surface area (Å²) in [6, 6.07) is 15.0. The molecule has 0 amide bonds. The number of hydrogen-bond acceptors (Lipinski definition) is 1. The van der Waals surface area contributed by atoms with Gasteiger partial charge >= 0.3 is 0 Å². The molecular weight excluding hydrogens is 310 g/mol. The van der Waals surface area contributed by atoms with Gasteiger partial charge in [0.05, 0.1) is 6.04 Å². The Balaban J connectivity index is 2.26. The minimum Gasteiger partial charge on any atom is -0.320 e. The third kappa shape index (κ3) is 3.50. The van der Waals surface area contributed by atoms with E-state index in [9.17, 15) is 0 Å². The van der Waals surface area contributed by atoms with Crippen molar-refractivity contribution in [3.05, 3.63) is 69.2 Å². The molecule has 2 aromatic rings. The predicted molar refractivity (Wildman–Crippen MR) is 90.1 cm³/mol. The van der Waals surface area contributed by atoms with E-state index in [1.807, 2.05) is 0 Å². The zero-order chi connectivity index (χ0) is 14.7. The van der Waals surface area contributed by atoms with Crippen molar-refractivity contribution in [2.75, 3.05) is 0 Å². The minimum atomic E-state index is -0.0721. The molecule has 20 heavy (non-hydrogen) atoms. The first-order valence-corrected chi connectivity index (χ1v) is 7.93. The molecule has 0 bridgehead atoms. The molecule has 2 N–H and O–H groups in total. The van der Waals surface area contributed by atoms with E-state index in [-0.39, 0.29) is 6.04 Å². The minimum absolute atomic E-state index is 0.0721. The molecule has 0 heterocycles. The molecule has 106 valence electrons. The maximum atomic E-state index is 6.39. The topological polar surface area (TPSA) is 26.0 Å². The van der Waals surface area contributed by atoms with E-state index in [0.717, 1.165) is 22.0 Å². The summed E-state index contributed by atoms with van der Waals surface area (Å²) in [7, 11) is 0. The molecule has 1 nitrogen and oxygen atoms in total. The summed E-state index contributed by atoms with van der Waals surface area (Å²) >= 11 is 3.54. The Labute approximate surface area is 130 Å². The van der Waals surface area contributed by atoms with E-state index in [0.29, 0.717) is 5.92 Å². The zero-order valence-corrected chi connectivity index (χ0v) is 13.9. The lowest BCUT2D eigenvalue weighted by atomic mass is 9.93. The summed E-state index contributed by atoms with van der Waals surface area (Å²) in [5, 5.41) is 0. The van der Waals surface area contributed by atoms with Crippen LogP contribution >= 0.6 is 15.9 Å². The Bertz CT molecular complexity index is 554. The highest BCUT2D eigenvalue weighted by molar-refractivity contribution is 9.10. The molecule has 0 fully saturated rings. The second kappa shape index (κ2) is 6.55. The van der Waals surface area contributed by atoms with Crippen LogP contribution in [-0.4, -0.2) is 0 Å². The summed E-state index contributed by atoms with van der Waals surface area (Å²) in [4.78, 5) is 0. The number of benzene rings is 2. The molecule has 0 aliphatic carbocycles. The molecule has 2 unspecified atom stereocenters. The lowest BCUT2D eigenvalue weighted by Crippen LogP contribution is -2.12. The molecule has 2 rings (SSSR count). The van der Waals surface area contributed by atoms with Crippen molar-refractivity contribution in [1.29, 1.82) is 0 Å². The van der Waals surface area contributed by atoms with E-state index in [2.05, 4.69) is 79.2 Å². The summed E-state index contributed by atoms with van der Waals surface area (Å²) in [6.07, 6.45) is 1.16. The summed E-state index contributed by atoms with van der Waals surface area (Å²) in [6.45, 7) is 6.56. The Kier molecular flexibility index (Phi) is 5.00. The second-order valence-electron chi connectivity index (χ2n) is 5.52. The lowest BCUT2D eigenvalue weighted by Gasteiger charge is -2.16. The quantitative estimate of drug-likeness (QED) is 0.806. The molecule has 0 saturated heterocycles. The lowest BCUT2D eigenvalue weighted by molar-refractivity contribution is 0.732. The Hall–Kier alpha value is -1.12. The molecular formula is C18H22BrN. The van der Waals surface area contributed by atoms with Crippen LogP contribution < -0.4 is 5.73 Å². The summed E-state index contributed by atoms with van der Waals surface area (Å²) in [5.41, 5.74) is 11.3. The van der Waals surface area contributed by atoms with Crippen molar-refractivity contribution < 1.29 is 0 Å². The number of aryl methyl sites for hydroxylation is 1. The predicted octanol–water partition coefficient (Wildman–Crippen LogP) is 5.32. The van der Waals surface area contributed by atoms with E-state index in [1.54, 1.807) is 0 Å². The van der Waals surface area contributed by atoms with Crippen molar-refractivity contribution in [3.8, 4) is 0 Å². The number of rotatable bonds is 4. The third-order valence-electron chi connectivity index (χ3n) is 3.90. The first-order valence-electron chi connectivity index (χ1n) is 7.13. The molecule has 0 aliphatic rings. The molecule has 0 saturated carbocycles. The fourth-order valence-corrected chi connectivity index (χ4v) is 3.03. The first-order chi connectivity index (χ1) is 9.51. The Morgan fingerprint density at radius 2 is 1.60 bits per heavy atom. The number of nitrogens with two attached hydrogens (primary N) is 1. The standard InChI is InChI=1S/C18H22BrN/c1-4-13(3)14-5-7-15(8-6-14)18(20)16-9-12(2)10-17(19)11-16/h5-11,13,18H,4,20H2,1-3H3.